The van der Waals surface area contributed by atoms with E-state index in [0.717, 1.165) is 45.2 Å². The third-order valence-electron chi connectivity index (χ3n) is 6.36. The number of ether oxygens (including phenoxy) is 1. The number of nitrogens with one attached hydrogen (secondary N) is 1. The highest BCUT2D eigenvalue weighted by Gasteiger charge is 2.30. The molecule has 160 valence electrons. The number of likely N-dealkylation sites (tertiary alicyclic amines) is 1. The Morgan fingerprint density at radius 2 is 1.86 bits per heavy atom. The van der Waals surface area contributed by atoms with E-state index in [0.29, 0.717) is 25.6 Å². The highest BCUT2D eigenvalue weighted by Crippen LogP contribution is 2.27. The quantitative estimate of drug-likeness (QED) is 0.726. The van der Waals surface area contributed by atoms with Crippen LogP contribution in [0.2, 0.25) is 0 Å². The Balaban J connectivity index is 1.36. The number of methoxy groups -OCH3 is 1. The SMILES string of the molecule is COCCN(C)C(=O)C1CCC(NC(=O)CN2CCC(c3ccccc3)C2)CC1. The first kappa shape index (κ1) is 21.8. The van der Waals surface area contributed by atoms with E-state index in [9.17, 15) is 9.59 Å². The summed E-state index contributed by atoms with van der Waals surface area (Å²) in [7, 11) is 3.49. The van der Waals surface area contributed by atoms with Crippen LogP contribution in [0.3, 0.4) is 0 Å². The fourth-order valence-corrected chi connectivity index (χ4v) is 4.58. The molecular formula is C23H35N3O3. The molecule has 0 aromatic heterocycles. The van der Waals surface area contributed by atoms with Gasteiger partial charge in [0.05, 0.1) is 13.2 Å². The Kier molecular flexibility index (Phi) is 8.07. The average molecular weight is 402 g/mol. The van der Waals surface area contributed by atoms with E-state index in [1.54, 1.807) is 12.0 Å². The van der Waals surface area contributed by atoms with E-state index in [1.165, 1.54) is 5.56 Å². The summed E-state index contributed by atoms with van der Waals surface area (Å²) < 4.78 is 5.05. The molecule has 0 spiro atoms. The smallest absolute Gasteiger partial charge is 0.234 e. The van der Waals surface area contributed by atoms with Gasteiger partial charge < -0.3 is 15.0 Å². The molecule has 1 saturated heterocycles. The van der Waals surface area contributed by atoms with Crippen LogP contribution in [0.1, 0.15) is 43.6 Å². The van der Waals surface area contributed by atoms with Crippen LogP contribution in [0, 0.1) is 5.92 Å². The molecule has 1 unspecified atom stereocenters. The predicted octanol–water partition coefficient (Wildman–Crippen LogP) is 2.26. The summed E-state index contributed by atoms with van der Waals surface area (Å²) in [6.07, 6.45) is 4.57. The van der Waals surface area contributed by atoms with E-state index in [2.05, 4.69) is 34.5 Å². The number of nitrogens with zero attached hydrogens (tertiary/aromatic N) is 2. The molecule has 2 amide bonds. The summed E-state index contributed by atoms with van der Waals surface area (Å²) in [5, 5.41) is 3.20. The summed E-state index contributed by atoms with van der Waals surface area (Å²) in [6.45, 7) is 3.59. The summed E-state index contributed by atoms with van der Waals surface area (Å²) in [5.74, 6) is 0.928. The molecule has 1 aromatic rings. The van der Waals surface area contributed by atoms with Gasteiger partial charge in [0.25, 0.3) is 0 Å². The molecule has 0 bridgehead atoms. The van der Waals surface area contributed by atoms with Crippen LogP contribution in [-0.2, 0) is 14.3 Å². The zero-order valence-corrected chi connectivity index (χ0v) is 17.8. The second-order valence-corrected chi connectivity index (χ2v) is 8.50. The number of benzene rings is 1. The van der Waals surface area contributed by atoms with Crippen molar-refractivity contribution >= 4 is 11.8 Å². The Morgan fingerprint density at radius 1 is 1.14 bits per heavy atom. The zero-order valence-electron chi connectivity index (χ0n) is 17.8. The third kappa shape index (κ3) is 6.28. The molecule has 6 nitrogen and oxygen atoms in total. The van der Waals surface area contributed by atoms with Crippen molar-refractivity contribution in [1.29, 1.82) is 0 Å². The second-order valence-electron chi connectivity index (χ2n) is 8.50. The lowest BCUT2D eigenvalue weighted by atomic mass is 9.85. The molecule has 2 fully saturated rings. The predicted molar refractivity (Wildman–Crippen MR) is 114 cm³/mol. The van der Waals surface area contributed by atoms with E-state index in [4.69, 9.17) is 4.74 Å². The molecule has 6 heteroatoms. The second kappa shape index (κ2) is 10.7. The van der Waals surface area contributed by atoms with E-state index in [1.807, 2.05) is 13.1 Å². The van der Waals surface area contributed by atoms with Crippen molar-refractivity contribution in [3.05, 3.63) is 35.9 Å². The molecule has 1 N–H and O–H groups in total. The lowest BCUT2D eigenvalue weighted by molar-refractivity contribution is -0.135. The fourth-order valence-electron chi connectivity index (χ4n) is 4.58. The van der Waals surface area contributed by atoms with Gasteiger partial charge in [-0.15, -0.1) is 0 Å². The fraction of sp³-hybridized carbons (Fsp3) is 0.652. The van der Waals surface area contributed by atoms with Gasteiger partial charge in [-0.05, 0) is 50.1 Å². The van der Waals surface area contributed by atoms with Crippen molar-refractivity contribution < 1.29 is 14.3 Å². The van der Waals surface area contributed by atoms with Crippen molar-refractivity contribution in [2.24, 2.45) is 5.92 Å². The largest absolute Gasteiger partial charge is 0.383 e. The van der Waals surface area contributed by atoms with Gasteiger partial charge in [-0.2, -0.15) is 0 Å². The number of hydrogen-bond acceptors (Lipinski definition) is 4. The number of amides is 2. The van der Waals surface area contributed by atoms with Crippen LogP contribution in [-0.4, -0.2) is 74.6 Å². The molecule has 1 aromatic carbocycles. The van der Waals surface area contributed by atoms with Gasteiger partial charge >= 0.3 is 0 Å². The van der Waals surface area contributed by atoms with Crippen LogP contribution in [0.25, 0.3) is 0 Å². The summed E-state index contributed by atoms with van der Waals surface area (Å²) >= 11 is 0. The molecule has 1 saturated carbocycles. The van der Waals surface area contributed by atoms with Crippen LogP contribution in [0.5, 0.6) is 0 Å². The third-order valence-corrected chi connectivity index (χ3v) is 6.36. The minimum Gasteiger partial charge on any atom is -0.383 e. The Morgan fingerprint density at radius 3 is 2.55 bits per heavy atom. The van der Waals surface area contributed by atoms with Crippen LogP contribution in [0.4, 0.5) is 0 Å². The molecule has 1 aliphatic heterocycles. The first-order chi connectivity index (χ1) is 14.1. The van der Waals surface area contributed by atoms with Crippen molar-refractivity contribution in [2.75, 3.05) is 46.9 Å². The summed E-state index contributed by atoms with van der Waals surface area (Å²) in [4.78, 5) is 29.0. The Labute approximate surface area is 174 Å². The van der Waals surface area contributed by atoms with Crippen LogP contribution >= 0.6 is 0 Å². The van der Waals surface area contributed by atoms with Crippen LogP contribution in [0.15, 0.2) is 30.3 Å². The number of likely N-dealkylation sites (N-methyl/N-ethyl adjacent to an activating group) is 1. The lowest BCUT2D eigenvalue weighted by Gasteiger charge is -2.31. The van der Waals surface area contributed by atoms with Crippen molar-refractivity contribution in [3.63, 3.8) is 0 Å². The van der Waals surface area contributed by atoms with Gasteiger partial charge in [0, 0.05) is 39.2 Å². The minimum absolute atomic E-state index is 0.0789. The topological polar surface area (TPSA) is 61.9 Å². The molecule has 3 rings (SSSR count). The number of hydrogen-bond donors (Lipinski definition) is 1. The number of carbonyl (C=O) groups is 2. The van der Waals surface area contributed by atoms with E-state index >= 15 is 0 Å². The van der Waals surface area contributed by atoms with Crippen LogP contribution < -0.4 is 5.32 Å². The molecule has 2 aliphatic rings. The lowest BCUT2D eigenvalue weighted by Crippen LogP contribution is -2.44. The number of carbonyl (C=O) groups excluding carboxylic acids is 2. The Bertz CT molecular complexity index is 659. The highest BCUT2D eigenvalue weighted by atomic mass is 16.5. The number of rotatable bonds is 8. The maximum atomic E-state index is 12.5. The normalized spacial score (nSPS) is 25.0. The summed E-state index contributed by atoms with van der Waals surface area (Å²) in [6, 6.07) is 10.8. The van der Waals surface area contributed by atoms with Crippen molar-refractivity contribution in [1.82, 2.24) is 15.1 Å². The minimum atomic E-state index is 0.0789. The molecule has 29 heavy (non-hydrogen) atoms. The van der Waals surface area contributed by atoms with E-state index in [-0.39, 0.29) is 23.8 Å². The molecule has 1 heterocycles. The highest BCUT2D eigenvalue weighted by molar-refractivity contribution is 5.79. The molecule has 0 radical (unpaired) electrons. The monoisotopic (exact) mass is 401 g/mol. The summed E-state index contributed by atoms with van der Waals surface area (Å²) in [5.41, 5.74) is 1.37. The molecule has 1 aliphatic carbocycles. The van der Waals surface area contributed by atoms with Gasteiger partial charge in [0.15, 0.2) is 0 Å². The van der Waals surface area contributed by atoms with E-state index < -0.39 is 0 Å². The van der Waals surface area contributed by atoms with Crippen molar-refractivity contribution in [2.45, 2.75) is 44.1 Å². The molecular weight excluding hydrogens is 366 g/mol. The maximum Gasteiger partial charge on any atom is 0.234 e. The first-order valence-electron chi connectivity index (χ1n) is 10.9. The Hall–Kier alpha value is -1.92. The van der Waals surface area contributed by atoms with Gasteiger partial charge in [-0.25, -0.2) is 0 Å². The van der Waals surface area contributed by atoms with Crippen molar-refractivity contribution in [3.8, 4) is 0 Å². The maximum absolute atomic E-state index is 12.5. The zero-order chi connectivity index (χ0) is 20.6. The molecule has 1 atom stereocenters. The van der Waals surface area contributed by atoms with Gasteiger partial charge in [-0.3, -0.25) is 14.5 Å². The van der Waals surface area contributed by atoms with Gasteiger partial charge in [0.2, 0.25) is 11.8 Å². The van der Waals surface area contributed by atoms with Gasteiger partial charge in [-0.1, -0.05) is 30.3 Å². The van der Waals surface area contributed by atoms with Gasteiger partial charge in [0.1, 0.15) is 0 Å². The first-order valence-corrected chi connectivity index (χ1v) is 10.9. The average Bonchev–Trinajstić information content (AvgIpc) is 3.21. The standard InChI is InChI=1S/C23H35N3O3/c1-25(14-15-29-2)23(28)19-8-10-21(11-9-19)24-22(27)17-26-13-12-20(16-26)18-6-4-3-5-7-18/h3-7,19-21H,8-17H2,1-2H3,(H,24,27).